The van der Waals surface area contributed by atoms with E-state index in [1.807, 2.05) is 35.8 Å². The lowest BCUT2D eigenvalue weighted by molar-refractivity contribution is -0.139. The Morgan fingerprint density at radius 3 is 2.52 bits per heavy atom. The van der Waals surface area contributed by atoms with Gasteiger partial charge in [0.15, 0.2) is 9.84 Å². The van der Waals surface area contributed by atoms with Crippen molar-refractivity contribution in [3.8, 4) is 0 Å². The standard InChI is InChI=1S/C20H22N2O4S/c1-4-27(24,25)16-9-7-15(8-10-16)13-22-14(2)18(12-19(23)26-3)17-6-5-11-21-20(17)22/h5-11H,4,12-13H2,1-3H3. The number of hydrogen-bond acceptors (Lipinski definition) is 5. The SMILES string of the molecule is CCS(=O)(=O)c1ccc(Cn2c(C)c(CC(=O)OC)c3cccnc32)cc1. The summed E-state index contributed by atoms with van der Waals surface area (Å²) >= 11 is 0. The summed E-state index contributed by atoms with van der Waals surface area (Å²) in [6.07, 6.45) is 1.91. The molecule has 6 nitrogen and oxygen atoms in total. The van der Waals surface area contributed by atoms with Gasteiger partial charge >= 0.3 is 5.97 Å². The molecule has 7 heteroatoms. The van der Waals surface area contributed by atoms with Gasteiger partial charge in [-0.15, -0.1) is 0 Å². The lowest BCUT2D eigenvalue weighted by Gasteiger charge is -2.09. The minimum Gasteiger partial charge on any atom is -0.469 e. The summed E-state index contributed by atoms with van der Waals surface area (Å²) in [6.45, 7) is 4.12. The Labute approximate surface area is 158 Å². The molecule has 3 rings (SSSR count). The van der Waals surface area contributed by atoms with Gasteiger partial charge in [0, 0.05) is 23.8 Å². The van der Waals surface area contributed by atoms with Crippen molar-refractivity contribution in [3.63, 3.8) is 0 Å². The van der Waals surface area contributed by atoms with Gasteiger partial charge in [0.2, 0.25) is 0 Å². The minimum absolute atomic E-state index is 0.0779. The molecule has 1 aromatic carbocycles. The summed E-state index contributed by atoms with van der Waals surface area (Å²) < 4.78 is 30.8. The highest BCUT2D eigenvalue weighted by molar-refractivity contribution is 7.91. The average Bonchev–Trinajstić information content (AvgIpc) is 2.94. The zero-order chi connectivity index (χ0) is 19.6. The molecule has 0 fully saturated rings. The van der Waals surface area contributed by atoms with Crippen molar-refractivity contribution >= 4 is 26.8 Å². The summed E-state index contributed by atoms with van der Waals surface area (Å²) in [5.41, 5.74) is 3.59. The smallest absolute Gasteiger partial charge is 0.310 e. The second-order valence-corrected chi connectivity index (χ2v) is 8.60. The van der Waals surface area contributed by atoms with Gasteiger partial charge in [0.1, 0.15) is 5.65 Å². The van der Waals surface area contributed by atoms with Crippen molar-refractivity contribution < 1.29 is 17.9 Å². The Balaban J connectivity index is 2.00. The number of nitrogens with zero attached hydrogens (tertiary/aromatic N) is 2. The molecule has 142 valence electrons. The van der Waals surface area contributed by atoms with Crippen molar-refractivity contribution in [2.24, 2.45) is 0 Å². The normalized spacial score (nSPS) is 11.7. The van der Waals surface area contributed by atoms with E-state index in [0.717, 1.165) is 27.9 Å². The fraction of sp³-hybridized carbons (Fsp3) is 0.300. The first kappa shape index (κ1) is 19.1. The molecule has 0 saturated heterocycles. The molecule has 0 bridgehead atoms. The number of ether oxygens (including phenoxy) is 1. The van der Waals surface area contributed by atoms with Crippen molar-refractivity contribution in [2.75, 3.05) is 12.9 Å². The van der Waals surface area contributed by atoms with Crippen LogP contribution in [0.4, 0.5) is 0 Å². The highest BCUT2D eigenvalue weighted by atomic mass is 32.2. The third-order valence-electron chi connectivity index (χ3n) is 4.76. The van der Waals surface area contributed by atoms with E-state index in [1.165, 1.54) is 7.11 Å². The van der Waals surface area contributed by atoms with Crippen LogP contribution >= 0.6 is 0 Å². The molecule has 0 aliphatic rings. The third-order valence-corrected chi connectivity index (χ3v) is 6.51. The third kappa shape index (κ3) is 3.73. The van der Waals surface area contributed by atoms with Gasteiger partial charge in [-0.3, -0.25) is 4.79 Å². The number of fused-ring (bicyclic) bond motifs is 1. The first-order chi connectivity index (χ1) is 12.9. The van der Waals surface area contributed by atoms with Gasteiger partial charge in [-0.25, -0.2) is 13.4 Å². The van der Waals surface area contributed by atoms with Crippen molar-refractivity contribution in [1.29, 1.82) is 0 Å². The van der Waals surface area contributed by atoms with E-state index in [2.05, 4.69) is 4.98 Å². The van der Waals surface area contributed by atoms with Crippen LogP contribution in [0.3, 0.4) is 0 Å². The van der Waals surface area contributed by atoms with Gasteiger partial charge in [0.05, 0.1) is 24.2 Å². The Morgan fingerprint density at radius 2 is 1.89 bits per heavy atom. The van der Waals surface area contributed by atoms with Crippen molar-refractivity contribution in [1.82, 2.24) is 9.55 Å². The monoisotopic (exact) mass is 386 g/mol. The molecule has 2 heterocycles. The number of rotatable bonds is 6. The predicted molar refractivity (Wildman–Crippen MR) is 103 cm³/mol. The minimum atomic E-state index is -3.21. The van der Waals surface area contributed by atoms with Crippen LogP contribution in [-0.2, 0) is 32.3 Å². The molecule has 0 atom stereocenters. The molecule has 0 saturated carbocycles. The maximum Gasteiger partial charge on any atom is 0.310 e. The van der Waals surface area contributed by atoms with E-state index in [9.17, 15) is 13.2 Å². The summed E-state index contributed by atoms with van der Waals surface area (Å²) in [7, 11) is -1.84. The number of pyridine rings is 1. The summed E-state index contributed by atoms with van der Waals surface area (Å²) in [6, 6.07) is 10.7. The molecule has 0 aliphatic carbocycles. The van der Waals surface area contributed by atoms with E-state index < -0.39 is 9.84 Å². The number of hydrogen-bond donors (Lipinski definition) is 0. The number of carbonyl (C=O) groups is 1. The highest BCUT2D eigenvalue weighted by Gasteiger charge is 2.18. The Hall–Kier alpha value is -2.67. The van der Waals surface area contributed by atoms with Crippen LogP contribution < -0.4 is 0 Å². The molecule has 3 aromatic rings. The molecule has 0 unspecified atom stereocenters. The summed E-state index contributed by atoms with van der Waals surface area (Å²) in [4.78, 5) is 16.6. The van der Waals surface area contributed by atoms with E-state index in [1.54, 1.807) is 25.3 Å². The maximum absolute atomic E-state index is 12.0. The number of carbonyl (C=O) groups excluding carboxylic acids is 1. The zero-order valence-electron chi connectivity index (χ0n) is 15.6. The number of sulfone groups is 1. The number of aromatic nitrogens is 2. The van der Waals surface area contributed by atoms with Crippen LogP contribution in [0.5, 0.6) is 0 Å². The zero-order valence-corrected chi connectivity index (χ0v) is 16.4. The highest BCUT2D eigenvalue weighted by Crippen LogP contribution is 2.26. The molecule has 0 N–H and O–H groups in total. The van der Waals surface area contributed by atoms with Crippen molar-refractivity contribution in [3.05, 3.63) is 59.4 Å². The molecule has 0 spiro atoms. The molecule has 0 radical (unpaired) electrons. The Morgan fingerprint density at radius 1 is 1.19 bits per heavy atom. The maximum atomic E-state index is 12.0. The van der Waals surface area contributed by atoms with Gasteiger partial charge in [-0.05, 0) is 42.3 Å². The first-order valence-corrected chi connectivity index (χ1v) is 10.3. The Kier molecular flexibility index (Phi) is 5.32. The second kappa shape index (κ2) is 7.52. The van der Waals surface area contributed by atoms with E-state index in [0.29, 0.717) is 11.4 Å². The summed E-state index contributed by atoms with van der Waals surface area (Å²) in [5, 5.41) is 0.922. The van der Waals surface area contributed by atoms with Gasteiger partial charge < -0.3 is 9.30 Å². The molecule has 0 aliphatic heterocycles. The number of methoxy groups -OCH3 is 1. The molecular formula is C20H22N2O4S. The van der Waals surface area contributed by atoms with E-state index >= 15 is 0 Å². The van der Waals surface area contributed by atoms with Gasteiger partial charge in [-0.2, -0.15) is 0 Å². The van der Waals surface area contributed by atoms with E-state index in [4.69, 9.17) is 4.74 Å². The van der Waals surface area contributed by atoms with Crippen LogP contribution in [0.1, 0.15) is 23.7 Å². The second-order valence-electron chi connectivity index (χ2n) is 6.32. The van der Waals surface area contributed by atoms with Gasteiger partial charge in [-0.1, -0.05) is 19.1 Å². The molecule has 27 heavy (non-hydrogen) atoms. The predicted octanol–water partition coefficient (Wildman–Crippen LogP) is 2.90. The largest absolute Gasteiger partial charge is 0.469 e. The quantitative estimate of drug-likeness (QED) is 0.609. The molecule has 0 amide bonds. The lowest BCUT2D eigenvalue weighted by Crippen LogP contribution is -2.07. The topological polar surface area (TPSA) is 78.3 Å². The van der Waals surface area contributed by atoms with Crippen LogP contribution in [0.2, 0.25) is 0 Å². The van der Waals surface area contributed by atoms with Crippen LogP contribution in [0.15, 0.2) is 47.5 Å². The fourth-order valence-corrected chi connectivity index (χ4v) is 4.03. The van der Waals surface area contributed by atoms with Crippen LogP contribution in [0.25, 0.3) is 11.0 Å². The lowest BCUT2D eigenvalue weighted by atomic mass is 10.1. The number of benzene rings is 1. The average molecular weight is 386 g/mol. The Bertz CT molecular complexity index is 1080. The van der Waals surface area contributed by atoms with Crippen molar-refractivity contribution in [2.45, 2.75) is 31.7 Å². The molecule has 2 aromatic heterocycles. The first-order valence-electron chi connectivity index (χ1n) is 8.68. The fourth-order valence-electron chi connectivity index (χ4n) is 3.15. The molecular weight excluding hydrogens is 364 g/mol. The van der Waals surface area contributed by atoms with E-state index in [-0.39, 0.29) is 18.1 Å². The van der Waals surface area contributed by atoms with Crippen LogP contribution in [-0.4, -0.2) is 36.8 Å². The van der Waals surface area contributed by atoms with Crippen LogP contribution in [0, 0.1) is 6.92 Å². The summed E-state index contributed by atoms with van der Waals surface area (Å²) in [5.74, 6) is -0.218. The number of esters is 1. The van der Waals surface area contributed by atoms with Gasteiger partial charge in [0.25, 0.3) is 0 Å².